The molecule has 2 aromatic heterocycles. The van der Waals surface area contributed by atoms with E-state index < -0.39 is 0 Å². The summed E-state index contributed by atoms with van der Waals surface area (Å²) in [6.07, 6.45) is 1.92. The molecule has 0 amide bonds. The summed E-state index contributed by atoms with van der Waals surface area (Å²) in [4.78, 5) is 9.75. The van der Waals surface area contributed by atoms with Gasteiger partial charge < -0.3 is 0 Å². The van der Waals surface area contributed by atoms with Crippen LogP contribution in [-0.2, 0) is 0 Å². The molecule has 0 aliphatic carbocycles. The molecule has 0 saturated heterocycles. The smallest absolute Gasteiger partial charge is 0.0725 e. The molecule has 0 spiro atoms. The number of rotatable bonds is 4. The third-order valence-corrected chi connectivity index (χ3v) is 9.07. The van der Waals surface area contributed by atoms with Crippen molar-refractivity contribution in [2.24, 2.45) is 0 Å². The van der Waals surface area contributed by atoms with Gasteiger partial charge in [0.25, 0.3) is 0 Å². The standard InChI is InChI=1S/C44H28N2/c1-2-12-29(13-3-1)43-36-16-5-7-18-38(36)44(39-19-8-6-17-37(39)43)35-20-10-15-30-26-32(24-25-34(30)35)41-22-11-23-42(46-41)33-27-31-14-4-9-21-40(31)45-28-33/h1-28H. The number of fused-ring (bicyclic) bond motifs is 4. The predicted octanol–water partition coefficient (Wildman–Crippen LogP) is 11.8. The van der Waals surface area contributed by atoms with Crippen LogP contribution in [0.1, 0.15) is 0 Å². The maximum Gasteiger partial charge on any atom is 0.0725 e. The highest BCUT2D eigenvalue weighted by atomic mass is 14.7. The van der Waals surface area contributed by atoms with Crippen molar-refractivity contribution < 1.29 is 0 Å². The van der Waals surface area contributed by atoms with Gasteiger partial charge in [0.05, 0.1) is 16.9 Å². The first-order chi connectivity index (χ1) is 22.8. The van der Waals surface area contributed by atoms with Gasteiger partial charge in [-0.05, 0) is 84.9 Å². The largest absolute Gasteiger partial charge is 0.256 e. The van der Waals surface area contributed by atoms with Gasteiger partial charge in [-0.3, -0.25) is 4.98 Å². The molecule has 2 heteroatoms. The Balaban J connectivity index is 1.21. The molecular weight excluding hydrogens is 556 g/mol. The molecule has 0 N–H and O–H groups in total. The van der Waals surface area contributed by atoms with E-state index in [1.54, 1.807) is 0 Å². The number of pyridine rings is 2. The van der Waals surface area contributed by atoms with E-state index in [2.05, 4.69) is 151 Å². The summed E-state index contributed by atoms with van der Waals surface area (Å²) in [5, 5.41) is 8.58. The topological polar surface area (TPSA) is 25.8 Å². The van der Waals surface area contributed by atoms with Gasteiger partial charge in [0, 0.05) is 22.7 Å². The number of nitrogens with zero attached hydrogens (tertiary/aromatic N) is 2. The van der Waals surface area contributed by atoms with Crippen molar-refractivity contribution in [3.63, 3.8) is 0 Å². The fourth-order valence-corrected chi connectivity index (χ4v) is 6.96. The first-order valence-electron chi connectivity index (χ1n) is 15.7. The van der Waals surface area contributed by atoms with E-state index in [1.807, 2.05) is 24.4 Å². The second kappa shape index (κ2) is 10.8. The van der Waals surface area contributed by atoms with Crippen molar-refractivity contribution in [1.82, 2.24) is 9.97 Å². The van der Waals surface area contributed by atoms with E-state index in [1.165, 1.54) is 54.6 Å². The van der Waals surface area contributed by atoms with Gasteiger partial charge in [0.1, 0.15) is 0 Å². The molecule has 0 radical (unpaired) electrons. The Kier molecular flexibility index (Phi) is 6.17. The summed E-state index contributed by atoms with van der Waals surface area (Å²) in [5.41, 5.74) is 9.98. The van der Waals surface area contributed by atoms with E-state index in [9.17, 15) is 0 Å². The molecule has 0 aliphatic heterocycles. The SMILES string of the molecule is c1ccc(-c2c3ccccc3c(-c3cccc4cc(-c5cccc(-c6cnc7ccccc7c6)n5)ccc34)c3ccccc23)cc1. The predicted molar refractivity (Wildman–Crippen MR) is 194 cm³/mol. The molecular formula is C44H28N2. The molecule has 214 valence electrons. The van der Waals surface area contributed by atoms with Gasteiger partial charge in [-0.25, -0.2) is 4.98 Å². The lowest BCUT2D eigenvalue weighted by Crippen LogP contribution is -1.92. The lowest BCUT2D eigenvalue weighted by atomic mass is 9.84. The Labute approximate surface area is 267 Å². The number of aromatic nitrogens is 2. The van der Waals surface area contributed by atoms with Crippen LogP contribution in [0.2, 0.25) is 0 Å². The zero-order valence-corrected chi connectivity index (χ0v) is 25.1. The van der Waals surface area contributed by atoms with Crippen LogP contribution >= 0.6 is 0 Å². The van der Waals surface area contributed by atoms with Crippen LogP contribution in [0.4, 0.5) is 0 Å². The average molecular weight is 585 g/mol. The normalized spacial score (nSPS) is 11.5. The summed E-state index contributed by atoms with van der Waals surface area (Å²) in [5.74, 6) is 0. The molecule has 2 nitrogen and oxygen atoms in total. The second-order valence-electron chi connectivity index (χ2n) is 11.8. The van der Waals surface area contributed by atoms with Crippen LogP contribution in [0, 0.1) is 0 Å². The number of hydrogen-bond acceptors (Lipinski definition) is 2. The summed E-state index contributed by atoms with van der Waals surface area (Å²) < 4.78 is 0. The van der Waals surface area contributed by atoms with Gasteiger partial charge in [-0.15, -0.1) is 0 Å². The van der Waals surface area contributed by atoms with Gasteiger partial charge in [-0.2, -0.15) is 0 Å². The molecule has 0 aliphatic rings. The maximum atomic E-state index is 5.09. The van der Waals surface area contributed by atoms with E-state index in [0.29, 0.717) is 0 Å². The molecule has 9 aromatic rings. The molecule has 46 heavy (non-hydrogen) atoms. The third kappa shape index (κ3) is 4.35. The quantitative estimate of drug-likeness (QED) is 0.192. The van der Waals surface area contributed by atoms with E-state index in [-0.39, 0.29) is 0 Å². The highest BCUT2D eigenvalue weighted by Gasteiger charge is 2.18. The Bertz CT molecular complexity index is 2530. The molecule has 9 rings (SSSR count). The average Bonchev–Trinajstić information content (AvgIpc) is 3.13. The zero-order chi connectivity index (χ0) is 30.5. The van der Waals surface area contributed by atoms with E-state index in [0.717, 1.165) is 33.4 Å². The van der Waals surface area contributed by atoms with Crippen LogP contribution in [0.3, 0.4) is 0 Å². The molecule has 2 heterocycles. The van der Waals surface area contributed by atoms with Crippen molar-refractivity contribution in [2.75, 3.05) is 0 Å². The third-order valence-electron chi connectivity index (χ3n) is 9.07. The molecule has 7 aromatic carbocycles. The van der Waals surface area contributed by atoms with Gasteiger partial charge in [0.2, 0.25) is 0 Å². The fraction of sp³-hybridized carbons (Fsp3) is 0. The Hall–Kier alpha value is -6.12. The van der Waals surface area contributed by atoms with Crippen LogP contribution in [0.25, 0.3) is 88.0 Å². The van der Waals surface area contributed by atoms with Crippen LogP contribution < -0.4 is 0 Å². The van der Waals surface area contributed by atoms with Gasteiger partial charge >= 0.3 is 0 Å². The maximum absolute atomic E-state index is 5.09. The highest BCUT2D eigenvalue weighted by Crippen LogP contribution is 2.45. The molecule has 0 saturated carbocycles. The Morgan fingerprint density at radius 1 is 0.348 bits per heavy atom. The highest BCUT2D eigenvalue weighted by molar-refractivity contribution is 6.23. The van der Waals surface area contributed by atoms with Crippen molar-refractivity contribution in [2.45, 2.75) is 0 Å². The number of hydrogen-bond donors (Lipinski definition) is 0. The van der Waals surface area contributed by atoms with Gasteiger partial charge in [-0.1, -0.05) is 133 Å². The molecule has 0 fully saturated rings. The lowest BCUT2D eigenvalue weighted by Gasteiger charge is -2.19. The fourth-order valence-electron chi connectivity index (χ4n) is 6.96. The summed E-state index contributed by atoms with van der Waals surface area (Å²) in [7, 11) is 0. The van der Waals surface area contributed by atoms with E-state index >= 15 is 0 Å². The van der Waals surface area contributed by atoms with Gasteiger partial charge in [0.15, 0.2) is 0 Å². The molecule has 0 unspecified atom stereocenters. The van der Waals surface area contributed by atoms with Crippen LogP contribution in [0.5, 0.6) is 0 Å². The number of benzene rings is 7. The van der Waals surface area contributed by atoms with Crippen molar-refractivity contribution in [3.05, 3.63) is 170 Å². The minimum absolute atomic E-state index is 0.918. The minimum atomic E-state index is 0.918. The first kappa shape index (κ1) is 26.3. The molecule has 0 atom stereocenters. The monoisotopic (exact) mass is 584 g/mol. The number of para-hydroxylation sites is 1. The second-order valence-corrected chi connectivity index (χ2v) is 11.8. The Morgan fingerprint density at radius 3 is 1.70 bits per heavy atom. The van der Waals surface area contributed by atoms with Crippen LogP contribution in [0.15, 0.2) is 170 Å². The zero-order valence-electron chi connectivity index (χ0n) is 25.1. The minimum Gasteiger partial charge on any atom is -0.256 e. The van der Waals surface area contributed by atoms with Crippen molar-refractivity contribution in [3.8, 4) is 44.8 Å². The molecule has 0 bridgehead atoms. The summed E-state index contributed by atoms with van der Waals surface area (Å²) in [6, 6.07) is 58.4. The summed E-state index contributed by atoms with van der Waals surface area (Å²) in [6.45, 7) is 0. The van der Waals surface area contributed by atoms with Crippen molar-refractivity contribution >= 4 is 43.2 Å². The first-order valence-corrected chi connectivity index (χ1v) is 15.7. The Morgan fingerprint density at radius 2 is 0.935 bits per heavy atom. The summed E-state index contributed by atoms with van der Waals surface area (Å²) >= 11 is 0. The van der Waals surface area contributed by atoms with Crippen molar-refractivity contribution in [1.29, 1.82) is 0 Å². The van der Waals surface area contributed by atoms with E-state index in [4.69, 9.17) is 4.98 Å². The van der Waals surface area contributed by atoms with Crippen LogP contribution in [-0.4, -0.2) is 9.97 Å². The lowest BCUT2D eigenvalue weighted by molar-refractivity contribution is 1.31.